The van der Waals surface area contributed by atoms with Crippen molar-refractivity contribution in [1.82, 2.24) is 24.5 Å². The Kier molecular flexibility index (Phi) is 6.99. The summed E-state index contributed by atoms with van der Waals surface area (Å²) in [4.78, 5) is 13.2. The normalized spacial score (nSPS) is 15.7. The summed E-state index contributed by atoms with van der Waals surface area (Å²) < 4.78 is 34.7. The molecule has 0 spiro atoms. The molecule has 10 nitrogen and oxygen atoms in total. The molecule has 2 aromatic carbocycles. The minimum absolute atomic E-state index is 0.0340. The predicted molar refractivity (Wildman–Crippen MR) is 121 cm³/mol. The highest BCUT2D eigenvalue weighted by molar-refractivity contribution is 7.89. The summed E-state index contributed by atoms with van der Waals surface area (Å²) in [6.07, 6.45) is 4.41. The van der Waals surface area contributed by atoms with Gasteiger partial charge in [-0.25, -0.2) is 13.1 Å². The monoisotopic (exact) mass is 470 g/mol. The Bertz CT molecular complexity index is 1180. The van der Waals surface area contributed by atoms with Crippen molar-refractivity contribution < 1.29 is 17.9 Å². The van der Waals surface area contributed by atoms with Gasteiger partial charge in [-0.15, -0.1) is 5.10 Å². The Morgan fingerprint density at radius 3 is 2.55 bits per heavy atom. The third-order valence-corrected chi connectivity index (χ3v) is 7.54. The number of anilines is 1. The molecule has 0 bridgehead atoms. The number of hydrogen-bond donors (Lipinski definition) is 1. The summed E-state index contributed by atoms with van der Waals surface area (Å²) in [5.41, 5.74) is 1.29. The van der Waals surface area contributed by atoms with Gasteiger partial charge in [-0.2, -0.15) is 4.31 Å². The van der Waals surface area contributed by atoms with Crippen molar-refractivity contribution >= 4 is 21.6 Å². The van der Waals surface area contributed by atoms with Gasteiger partial charge in [0.25, 0.3) is 0 Å². The van der Waals surface area contributed by atoms with E-state index in [0.29, 0.717) is 25.2 Å². The van der Waals surface area contributed by atoms with Crippen LogP contribution in [0.15, 0.2) is 59.8 Å². The van der Waals surface area contributed by atoms with Crippen LogP contribution >= 0.6 is 0 Å². The van der Waals surface area contributed by atoms with Crippen LogP contribution in [0.2, 0.25) is 0 Å². The number of carbonyl (C=O) groups is 1. The Morgan fingerprint density at radius 1 is 1.12 bits per heavy atom. The van der Waals surface area contributed by atoms with Gasteiger partial charge in [0, 0.05) is 25.2 Å². The first-order valence-corrected chi connectivity index (χ1v) is 12.2. The number of carbonyl (C=O) groups excluding carboxylic acids is 1. The topological polar surface area (TPSA) is 119 Å². The second-order valence-corrected chi connectivity index (χ2v) is 9.72. The van der Waals surface area contributed by atoms with Crippen LogP contribution in [0.25, 0.3) is 0 Å². The first kappa shape index (κ1) is 22.9. The van der Waals surface area contributed by atoms with Crippen molar-refractivity contribution in [3.8, 4) is 5.75 Å². The van der Waals surface area contributed by atoms with Gasteiger partial charge in [-0.05, 0) is 47.0 Å². The molecule has 174 valence electrons. The van der Waals surface area contributed by atoms with E-state index in [4.69, 9.17) is 4.74 Å². The van der Waals surface area contributed by atoms with E-state index in [2.05, 4.69) is 20.8 Å². The number of sulfonamides is 1. The molecule has 2 heterocycles. The molecule has 1 fully saturated rings. The number of amides is 1. The van der Waals surface area contributed by atoms with Gasteiger partial charge in [0.2, 0.25) is 15.9 Å². The van der Waals surface area contributed by atoms with Crippen molar-refractivity contribution in [2.24, 2.45) is 0 Å². The molecule has 1 unspecified atom stereocenters. The summed E-state index contributed by atoms with van der Waals surface area (Å²) in [6, 6.07) is 13.4. The minimum Gasteiger partial charge on any atom is -0.495 e. The number of nitrogens with one attached hydrogen (secondary N) is 1. The molecular formula is C22H26N6O4S. The summed E-state index contributed by atoms with van der Waals surface area (Å²) in [7, 11) is -2.33. The van der Waals surface area contributed by atoms with E-state index < -0.39 is 16.1 Å². The molecule has 1 aliphatic heterocycles. The molecule has 1 saturated heterocycles. The molecule has 0 radical (unpaired) electrons. The average Bonchev–Trinajstić information content (AvgIpc) is 3.38. The Balaban J connectivity index is 1.60. The van der Waals surface area contributed by atoms with Crippen LogP contribution in [0.4, 0.5) is 5.69 Å². The number of piperidine rings is 1. The lowest BCUT2D eigenvalue weighted by atomic mass is 10.1. The Morgan fingerprint density at radius 2 is 1.88 bits per heavy atom. The van der Waals surface area contributed by atoms with Crippen molar-refractivity contribution in [3.05, 3.63) is 60.4 Å². The van der Waals surface area contributed by atoms with Crippen LogP contribution in [0.1, 0.15) is 30.9 Å². The van der Waals surface area contributed by atoms with Crippen LogP contribution < -0.4 is 10.1 Å². The summed E-state index contributed by atoms with van der Waals surface area (Å²) in [5.74, 6) is -0.127. The molecule has 1 amide bonds. The predicted octanol–water partition coefficient (Wildman–Crippen LogP) is 2.28. The first-order chi connectivity index (χ1) is 16.0. The highest BCUT2D eigenvalue weighted by atomic mass is 32.2. The fourth-order valence-corrected chi connectivity index (χ4v) is 5.58. The number of tetrazole rings is 1. The van der Waals surface area contributed by atoms with Crippen molar-refractivity contribution in [2.75, 3.05) is 25.5 Å². The molecular weight excluding hydrogens is 444 g/mol. The smallest absolute Gasteiger partial charge is 0.249 e. The van der Waals surface area contributed by atoms with Crippen LogP contribution in [-0.2, 0) is 21.2 Å². The van der Waals surface area contributed by atoms with E-state index in [9.17, 15) is 13.2 Å². The summed E-state index contributed by atoms with van der Waals surface area (Å²) >= 11 is 0. The van der Waals surface area contributed by atoms with Gasteiger partial charge < -0.3 is 10.1 Å². The molecule has 1 aromatic heterocycles. The summed E-state index contributed by atoms with van der Waals surface area (Å²) in [6.45, 7) is 0.945. The number of benzene rings is 2. The van der Waals surface area contributed by atoms with E-state index in [0.717, 1.165) is 24.8 Å². The summed E-state index contributed by atoms with van der Waals surface area (Å²) in [5, 5.41) is 14.0. The lowest BCUT2D eigenvalue weighted by molar-refractivity contribution is -0.119. The lowest BCUT2D eigenvalue weighted by Gasteiger charge is -2.26. The molecule has 1 N–H and O–H groups in total. The molecule has 1 atom stereocenters. The zero-order valence-corrected chi connectivity index (χ0v) is 19.1. The van der Waals surface area contributed by atoms with Crippen molar-refractivity contribution in [2.45, 2.75) is 36.6 Å². The number of hydrogen-bond acceptors (Lipinski definition) is 7. The van der Waals surface area contributed by atoms with Crippen LogP contribution in [0.5, 0.6) is 5.75 Å². The van der Waals surface area contributed by atoms with Gasteiger partial charge in [0.15, 0.2) is 0 Å². The molecule has 0 aliphatic carbocycles. The second kappa shape index (κ2) is 10.1. The first-order valence-electron chi connectivity index (χ1n) is 10.7. The number of nitrogens with zero attached hydrogens (tertiary/aromatic N) is 5. The molecule has 0 saturated carbocycles. The zero-order chi connectivity index (χ0) is 23.3. The average molecular weight is 471 g/mol. The quantitative estimate of drug-likeness (QED) is 0.536. The third-order valence-electron chi connectivity index (χ3n) is 5.62. The largest absolute Gasteiger partial charge is 0.495 e. The Hall–Kier alpha value is -3.31. The Labute approximate surface area is 192 Å². The van der Waals surface area contributed by atoms with Crippen LogP contribution in [0, 0.1) is 0 Å². The molecule has 3 aromatic rings. The minimum atomic E-state index is -3.76. The fourth-order valence-electron chi connectivity index (χ4n) is 3.88. The van der Waals surface area contributed by atoms with Crippen LogP contribution in [-0.4, -0.2) is 59.0 Å². The van der Waals surface area contributed by atoms with E-state index in [1.165, 1.54) is 28.5 Å². The van der Waals surface area contributed by atoms with Gasteiger partial charge in [-0.1, -0.05) is 36.8 Å². The van der Waals surface area contributed by atoms with Gasteiger partial charge in [0.05, 0.1) is 7.11 Å². The number of aromatic nitrogens is 4. The van der Waals surface area contributed by atoms with Crippen LogP contribution in [0.3, 0.4) is 0 Å². The van der Waals surface area contributed by atoms with Crippen molar-refractivity contribution in [1.29, 1.82) is 0 Å². The zero-order valence-electron chi connectivity index (χ0n) is 18.3. The standard InChI is InChI=1S/C22H26N6O4S/c1-32-20-11-10-18(15-21(20)33(30,31)27-12-6-3-7-13-27)24-22(29)19(28-16-23-25-26-28)14-17-8-4-2-5-9-17/h2,4-5,8-11,15-16,19H,3,6-7,12-14H2,1H3,(H,24,29). The number of methoxy groups -OCH3 is 1. The SMILES string of the molecule is COc1ccc(NC(=O)C(Cc2ccccc2)n2cnnn2)cc1S(=O)(=O)N1CCCCC1. The van der Waals surface area contributed by atoms with Crippen molar-refractivity contribution in [3.63, 3.8) is 0 Å². The van der Waals surface area contributed by atoms with Gasteiger partial charge in [-0.3, -0.25) is 4.79 Å². The highest BCUT2D eigenvalue weighted by Crippen LogP contribution is 2.31. The molecule has 1 aliphatic rings. The number of rotatable bonds is 8. The lowest BCUT2D eigenvalue weighted by Crippen LogP contribution is -2.35. The van der Waals surface area contributed by atoms with Gasteiger partial charge in [0.1, 0.15) is 23.0 Å². The number of ether oxygens (including phenoxy) is 1. The third kappa shape index (κ3) is 5.20. The van der Waals surface area contributed by atoms with Gasteiger partial charge >= 0.3 is 0 Å². The molecule has 33 heavy (non-hydrogen) atoms. The van der Waals surface area contributed by atoms with E-state index >= 15 is 0 Å². The van der Waals surface area contributed by atoms with E-state index in [1.807, 2.05) is 30.3 Å². The maximum Gasteiger partial charge on any atom is 0.249 e. The second-order valence-electron chi connectivity index (χ2n) is 7.81. The molecule has 11 heteroatoms. The maximum absolute atomic E-state index is 13.3. The fraction of sp³-hybridized carbons (Fsp3) is 0.364. The highest BCUT2D eigenvalue weighted by Gasteiger charge is 2.30. The maximum atomic E-state index is 13.3. The molecule has 4 rings (SSSR count). The van der Waals surface area contributed by atoms with E-state index in [1.54, 1.807) is 12.1 Å². The van der Waals surface area contributed by atoms with E-state index in [-0.39, 0.29) is 16.6 Å².